The number of rotatable bonds is 19. The van der Waals surface area contributed by atoms with E-state index in [9.17, 15) is 101 Å². The van der Waals surface area contributed by atoms with E-state index in [1.807, 2.05) is 0 Å². The van der Waals surface area contributed by atoms with Crippen LogP contribution in [-0.2, 0) is 66.5 Å². The summed E-state index contributed by atoms with van der Waals surface area (Å²) in [5.74, 6) is -2.46. The van der Waals surface area contributed by atoms with Crippen LogP contribution in [0, 0.1) is 0 Å². The van der Waals surface area contributed by atoms with Gasteiger partial charge in [-0.2, -0.15) is 0 Å². The molecule has 6 fully saturated rings. The van der Waals surface area contributed by atoms with E-state index >= 15 is 0 Å². The highest BCUT2D eigenvalue weighted by Crippen LogP contribution is 2.36. The first-order valence-corrected chi connectivity index (χ1v) is 24.1. The van der Waals surface area contributed by atoms with Gasteiger partial charge in [-0.15, -0.1) is 0 Å². The van der Waals surface area contributed by atoms with Gasteiger partial charge in [-0.1, -0.05) is 0 Å². The van der Waals surface area contributed by atoms with E-state index in [4.69, 9.17) is 52.1 Å². The molecule has 76 heavy (non-hydrogen) atoms. The fourth-order valence-electron chi connectivity index (χ4n) is 9.62. The molecular weight excluding hydrogens is 1040 g/mol. The van der Waals surface area contributed by atoms with Crippen LogP contribution >= 0.6 is 0 Å². The fraction of sp³-hybridized carbons (Fsp3) is 0.929. The molecule has 1 unspecified atom stereocenters. The SMILES string of the molecule is CC(=O)N[C@H]1[C@H](OC[C@H]2O[C@@H](O[C@H]3[C@H](O)[C@@H](NC(C)=O)[C@H](O[C@H]4[C@@H](O)[C@@H](CO)OC(O)[C@@H]4O)O[C@@H]3CO)[C@H](O)[C@@H](O[C@@H]3O[C@H](CO)[C@@H](O)[C@H](O)[C@H]3NC(C)=O)[C@H]2O)O[C@H](CO)[C@@H](O[C@@H]2O[C@H](CO)[C@H](O)[C@H](O)[C@H]2O)[C@@H]1O. The summed E-state index contributed by atoms with van der Waals surface area (Å²) in [6, 6.07) is -5.12. The molecule has 34 nitrogen and oxygen atoms in total. The molecule has 0 saturated carbocycles. The van der Waals surface area contributed by atoms with Gasteiger partial charge in [0.1, 0.15) is 146 Å². The smallest absolute Gasteiger partial charge is 0.217 e. The van der Waals surface area contributed by atoms with Gasteiger partial charge < -0.3 is 155 Å². The zero-order chi connectivity index (χ0) is 56.2. The van der Waals surface area contributed by atoms with Gasteiger partial charge in [0.25, 0.3) is 0 Å². The molecule has 6 aliphatic rings. The summed E-state index contributed by atoms with van der Waals surface area (Å²) in [5, 5.41) is 190. The predicted octanol–water partition coefficient (Wildman–Crippen LogP) is -13.7. The summed E-state index contributed by atoms with van der Waals surface area (Å²) < 4.78 is 63.3. The van der Waals surface area contributed by atoms with Crippen LogP contribution in [0.5, 0.6) is 0 Å². The average molecular weight is 1110 g/mol. The number of ether oxygens (including phenoxy) is 11. The van der Waals surface area contributed by atoms with Crippen molar-refractivity contribution in [3.63, 3.8) is 0 Å². The number of aliphatic hydroxyl groups is 17. The van der Waals surface area contributed by atoms with Crippen molar-refractivity contribution in [2.45, 2.75) is 205 Å². The minimum absolute atomic E-state index is 0.801. The molecule has 3 amide bonds. The lowest BCUT2D eigenvalue weighted by atomic mass is 9.94. The second-order valence-electron chi connectivity index (χ2n) is 19.0. The Labute approximate surface area is 431 Å². The Kier molecular flexibility index (Phi) is 22.3. The van der Waals surface area contributed by atoms with Gasteiger partial charge in [0, 0.05) is 20.8 Å². The van der Waals surface area contributed by atoms with Crippen LogP contribution in [0.25, 0.3) is 0 Å². The molecule has 0 spiro atoms. The highest BCUT2D eigenvalue weighted by molar-refractivity contribution is 5.74. The summed E-state index contributed by atoms with van der Waals surface area (Å²) in [4.78, 5) is 37.4. The lowest BCUT2D eigenvalue weighted by Gasteiger charge is -2.50. The largest absolute Gasteiger partial charge is 0.394 e. The molecule has 6 rings (SSSR count). The lowest BCUT2D eigenvalue weighted by molar-refractivity contribution is -0.381. The third-order valence-electron chi connectivity index (χ3n) is 13.6. The first kappa shape index (κ1) is 62.5. The topological polar surface area (TPSA) is 533 Å². The molecule has 0 aromatic carbocycles. The Balaban J connectivity index is 1.30. The lowest BCUT2D eigenvalue weighted by Crippen LogP contribution is -2.70. The Hall–Kier alpha value is -2.71. The van der Waals surface area contributed by atoms with Crippen molar-refractivity contribution in [1.29, 1.82) is 0 Å². The van der Waals surface area contributed by atoms with Gasteiger partial charge in [-0.25, -0.2) is 0 Å². The number of amides is 3. The molecule has 440 valence electrons. The van der Waals surface area contributed by atoms with Gasteiger partial charge in [-0.05, 0) is 0 Å². The first-order valence-electron chi connectivity index (χ1n) is 24.1. The molecule has 34 heteroatoms. The first-order chi connectivity index (χ1) is 35.9. The summed E-state index contributed by atoms with van der Waals surface area (Å²) in [6.07, 6.45) is -51.0. The third kappa shape index (κ3) is 13.7. The van der Waals surface area contributed by atoms with Gasteiger partial charge in [0.05, 0.1) is 39.6 Å². The van der Waals surface area contributed by atoms with Crippen molar-refractivity contribution in [3.05, 3.63) is 0 Å². The maximum Gasteiger partial charge on any atom is 0.217 e. The predicted molar refractivity (Wildman–Crippen MR) is 234 cm³/mol. The van der Waals surface area contributed by atoms with E-state index in [2.05, 4.69) is 16.0 Å². The summed E-state index contributed by atoms with van der Waals surface area (Å²) >= 11 is 0. The number of carbonyl (C=O) groups is 3. The number of carbonyl (C=O) groups excluding carboxylic acids is 3. The minimum Gasteiger partial charge on any atom is -0.394 e. The maximum absolute atomic E-state index is 12.5. The van der Waals surface area contributed by atoms with E-state index in [1.54, 1.807) is 0 Å². The molecule has 0 aromatic rings. The highest BCUT2D eigenvalue weighted by atomic mass is 16.8. The number of aliphatic hydroxyl groups excluding tert-OH is 17. The van der Waals surface area contributed by atoms with Crippen molar-refractivity contribution in [2.24, 2.45) is 0 Å². The molecule has 30 atom stereocenters. The molecular formula is C42H71N3O31. The maximum atomic E-state index is 12.5. The van der Waals surface area contributed by atoms with Crippen LogP contribution in [0.1, 0.15) is 20.8 Å². The van der Waals surface area contributed by atoms with Crippen LogP contribution in [0.2, 0.25) is 0 Å². The monoisotopic (exact) mass is 1110 g/mol. The Bertz CT molecular complexity index is 1870. The average Bonchev–Trinajstić information content (AvgIpc) is 3.38. The molecule has 0 aromatic heterocycles. The number of hydrogen-bond acceptors (Lipinski definition) is 31. The van der Waals surface area contributed by atoms with Crippen molar-refractivity contribution >= 4 is 17.7 Å². The molecule has 0 radical (unpaired) electrons. The summed E-state index contributed by atoms with van der Waals surface area (Å²) in [6.45, 7) is -2.60. The van der Waals surface area contributed by atoms with Gasteiger partial charge in [0.15, 0.2) is 37.7 Å². The van der Waals surface area contributed by atoms with Crippen LogP contribution < -0.4 is 16.0 Å². The van der Waals surface area contributed by atoms with Crippen molar-refractivity contribution in [3.8, 4) is 0 Å². The van der Waals surface area contributed by atoms with E-state index < -0.39 is 241 Å². The summed E-state index contributed by atoms with van der Waals surface area (Å²) in [7, 11) is 0. The molecule has 6 aliphatic heterocycles. The number of nitrogens with one attached hydrogen (secondary N) is 3. The second kappa shape index (κ2) is 27.2. The van der Waals surface area contributed by atoms with Crippen molar-refractivity contribution in [2.75, 3.05) is 39.6 Å². The minimum atomic E-state index is -2.27. The standard InChI is InChI=1S/C42H71N3O31/c1-10(51)43-19-26(58)22(54)13(4-46)68-39(19)76-36-25(57)18(9-66-38-20(44-11(2)52)27(59)33(16(7-49)70-38)73-41-30(62)29(61)23(55)14(5-47)69-41)72-42(32(36)64)74-34-17(8-50)71-40(21(28(34)60)45-12(3)53)75-35-24(56)15(6-48)67-37(65)31(35)63/h13-42,46-50,54-65H,4-9H2,1-3H3,(H,43,51)(H,44,52)(H,45,53)/t13-,14-,15-,16-,17-,18-,19-,20-,21-,22-,23+,24+,25+,26-,27-,28-,29+,30-,31-,32-,33-,34-,35+,36+,37?,38-,39+,40+,41+,42+/m1/s1. The van der Waals surface area contributed by atoms with Crippen LogP contribution in [-0.4, -0.2) is 328 Å². The molecule has 0 bridgehead atoms. The van der Waals surface area contributed by atoms with E-state index in [0.717, 1.165) is 20.8 Å². The molecule has 6 heterocycles. The van der Waals surface area contributed by atoms with Gasteiger partial charge in [0.2, 0.25) is 17.7 Å². The number of hydrogen-bond donors (Lipinski definition) is 20. The quantitative estimate of drug-likeness (QED) is 0.0571. The molecule has 0 aliphatic carbocycles. The van der Waals surface area contributed by atoms with Crippen molar-refractivity contribution < 1.29 is 153 Å². The second-order valence-corrected chi connectivity index (χ2v) is 19.0. The third-order valence-corrected chi connectivity index (χ3v) is 13.6. The van der Waals surface area contributed by atoms with Gasteiger partial charge in [-0.3, -0.25) is 14.4 Å². The fourth-order valence-corrected chi connectivity index (χ4v) is 9.62. The Morgan fingerprint density at radius 3 is 1.16 bits per heavy atom. The van der Waals surface area contributed by atoms with Gasteiger partial charge >= 0.3 is 0 Å². The van der Waals surface area contributed by atoms with Crippen molar-refractivity contribution in [1.82, 2.24) is 16.0 Å². The summed E-state index contributed by atoms with van der Waals surface area (Å²) in [5.41, 5.74) is 0. The zero-order valence-electron chi connectivity index (χ0n) is 40.9. The van der Waals surface area contributed by atoms with Crippen LogP contribution in [0.3, 0.4) is 0 Å². The van der Waals surface area contributed by atoms with E-state index in [1.165, 1.54) is 0 Å². The van der Waals surface area contributed by atoms with E-state index in [-0.39, 0.29) is 0 Å². The molecule has 6 saturated heterocycles. The van der Waals surface area contributed by atoms with E-state index in [0.29, 0.717) is 0 Å². The highest BCUT2D eigenvalue weighted by Gasteiger charge is 2.57. The Morgan fingerprint density at radius 1 is 0.342 bits per heavy atom. The zero-order valence-corrected chi connectivity index (χ0v) is 40.9. The normalized spacial score (nSPS) is 48.2. The van der Waals surface area contributed by atoms with Crippen LogP contribution in [0.4, 0.5) is 0 Å². The Morgan fingerprint density at radius 2 is 0.684 bits per heavy atom. The van der Waals surface area contributed by atoms with Crippen LogP contribution in [0.15, 0.2) is 0 Å². The molecule has 20 N–H and O–H groups in total.